The van der Waals surface area contributed by atoms with Crippen molar-refractivity contribution in [3.8, 4) is 0 Å². The molecule has 23 heavy (non-hydrogen) atoms. The Morgan fingerprint density at radius 2 is 2.22 bits per heavy atom. The van der Waals surface area contributed by atoms with E-state index in [-0.39, 0.29) is 24.4 Å². The van der Waals surface area contributed by atoms with Crippen LogP contribution in [0.3, 0.4) is 0 Å². The number of hydrogen-bond donors (Lipinski definition) is 1. The number of ether oxygens (including phenoxy) is 2. The molecular weight excluding hydrogens is 299 g/mol. The maximum Gasteiger partial charge on any atom is 0.254 e. The fourth-order valence-corrected chi connectivity index (χ4v) is 2.90. The minimum Gasteiger partial charge on any atom is -0.382 e. The van der Waals surface area contributed by atoms with E-state index < -0.39 is 0 Å². The summed E-state index contributed by atoms with van der Waals surface area (Å²) in [4.78, 5) is 14.5. The summed E-state index contributed by atoms with van der Waals surface area (Å²) in [6.07, 6.45) is 0.913. The van der Waals surface area contributed by atoms with Gasteiger partial charge in [-0.1, -0.05) is 0 Å². The summed E-state index contributed by atoms with van der Waals surface area (Å²) < 4.78 is 24.1. The summed E-state index contributed by atoms with van der Waals surface area (Å²) >= 11 is 0. The average Bonchev–Trinajstić information content (AvgIpc) is 2.93. The van der Waals surface area contributed by atoms with Crippen LogP contribution in [0.2, 0.25) is 0 Å². The Balaban J connectivity index is 2.06. The largest absolute Gasteiger partial charge is 0.382 e. The lowest BCUT2D eigenvalue weighted by Gasteiger charge is -2.22. The number of methoxy groups -OCH3 is 1. The van der Waals surface area contributed by atoms with Gasteiger partial charge in [0.1, 0.15) is 5.82 Å². The number of likely N-dealkylation sites (tertiary alicyclic amines) is 1. The molecule has 6 heteroatoms. The predicted octanol–water partition coefficient (Wildman–Crippen LogP) is 1.80. The van der Waals surface area contributed by atoms with Crippen LogP contribution >= 0.6 is 0 Å². The molecule has 0 aliphatic carbocycles. The van der Waals surface area contributed by atoms with E-state index in [2.05, 4.69) is 0 Å². The van der Waals surface area contributed by atoms with Crippen LogP contribution in [0.1, 0.15) is 29.3 Å². The van der Waals surface area contributed by atoms with Crippen LogP contribution in [-0.2, 0) is 16.1 Å². The third-order valence-corrected chi connectivity index (χ3v) is 4.24. The predicted molar refractivity (Wildman–Crippen MR) is 85.6 cm³/mol. The number of nitrogens with two attached hydrogens (primary N) is 1. The molecule has 1 fully saturated rings. The summed E-state index contributed by atoms with van der Waals surface area (Å²) in [5, 5.41) is 0. The van der Waals surface area contributed by atoms with Crippen LogP contribution in [0.4, 0.5) is 4.39 Å². The van der Waals surface area contributed by atoms with Crippen molar-refractivity contribution >= 4 is 5.91 Å². The van der Waals surface area contributed by atoms with Crippen LogP contribution in [0.15, 0.2) is 18.2 Å². The number of benzene rings is 1. The van der Waals surface area contributed by atoms with E-state index >= 15 is 0 Å². The van der Waals surface area contributed by atoms with Gasteiger partial charge in [0.15, 0.2) is 0 Å². The molecule has 2 unspecified atom stereocenters. The van der Waals surface area contributed by atoms with Crippen LogP contribution in [0.25, 0.3) is 0 Å². The smallest absolute Gasteiger partial charge is 0.254 e. The van der Waals surface area contributed by atoms with Gasteiger partial charge < -0.3 is 20.1 Å². The van der Waals surface area contributed by atoms with E-state index in [4.69, 9.17) is 15.2 Å². The Morgan fingerprint density at radius 3 is 2.87 bits per heavy atom. The molecular formula is C17H25FN2O3. The Morgan fingerprint density at radius 1 is 1.43 bits per heavy atom. The normalized spacial score (nSPS) is 21.0. The van der Waals surface area contributed by atoms with E-state index in [1.54, 1.807) is 13.2 Å². The molecule has 0 saturated carbocycles. The second-order valence-electron chi connectivity index (χ2n) is 6.00. The van der Waals surface area contributed by atoms with Crippen LogP contribution in [0, 0.1) is 11.7 Å². The molecule has 2 N–H and O–H groups in total. The van der Waals surface area contributed by atoms with Gasteiger partial charge in [-0.05, 0) is 44.0 Å². The van der Waals surface area contributed by atoms with Gasteiger partial charge in [-0.3, -0.25) is 4.79 Å². The minimum atomic E-state index is -0.367. The first-order valence-electron chi connectivity index (χ1n) is 7.93. The first-order valence-corrected chi connectivity index (χ1v) is 7.93. The summed E-state index contributed by atoms with van der Waals surface area (Å²) in [5.74, 6) is -0.105. The number of rotatable bonds is 7. The first kappa shape index (κ1) is 17.8. The van der Waals surface area contributed by atoms with Crippen molar-refractivity contribution in [1.82, 2.24) is 4.90 Å². The van der Waals surface area contributed by atoms with Gasteiger partial charge in [0, 0.05) is 30.8 Å². The van der Waals surface area contributed by atoms with E-state index in [1.807, 2.05) is 11.8 Å². The SMILES string of the molecule is COCCOCc1cc(C(=O)N2CC(CN)CC2C)ccc1F. The Kier molecular flexibility index (Phi) is 6.50. The van der Waals surface area contributed by atoms with Crippen molar-refractivity contribution < 1.29 is 18.7 Å². The molecule has 2 atom stereocenters. The number of nitrogens with zero attached hydrogens (tertiary/aromatic N) is 1. The Hall–Kier alpha value is -1.50. The fourth-order valence-electron chi connectivity index (χ4n) is 2.90. The van der Waals surface area contributed by atoms with E-state index in [9.17, 15) is 9.18 Å². The molecule has 1 aromatic rings. The van der Waals surface area contributed by atoms with Crippen molar-refractivity contribution in [2.45, 2.75) is 26.0 Å². The second kappa shape index (κ2) is 8.38. The zero-order valence-electron chi connectivity index (χ0n) is 13.8. The number of amides is 1. The summed E-state index contributed by atoms with van der Waals surface area (Å²) in [6, 6.07) is 4.58. The van der Waals surface area contributed by atoms with Gasteiger partial charge in [-0.2, -0.15) is 0 Å². The molecule has 0 radical (unpaired) electrons. The van der Waals surface area contributed by atoms with E-state index in [0.29, 0.717) is 43.3 Å². The van der Waals surface area contributed by atoms with Crippen molar-refractivity contribution in [3.63, 3.8) is 0 Å². The number of carbonyl (C=O) groups excluding carboxylic acids is 1. The molecule has 1 saturated heterocycles. The standard InChI is InChI=1S/C17H25FN2O3/c1-12-7-13(9-19)10-20(12)17(21)14-3-4-16(18)15(8-14)11-23-6-5-22-2/h3-4,8,12-13H,5-7,9-11,19H2,1-2H3. The highest BCUT2D eigenvalue weighted by Gasteiger charge is 2.32. The van der Waals surface area contributed by atoms with Crippen molar-refractivity contribution in [3.05, 3.63) is 35.1 Å². The lowest BCUT2D eigenvalue weighted by molar-refractivity contribution is 0.0602. The highest BCUT2D eigenvalue weighted by atomic mass is 19.1. The van der Waals surface area contributed by atoms with Gasteiger partial charge in [-0.15, -0.1) is 0 Å². The molecule has 0 spiro atoms. The molecule has 5 nitrogen and oxygen atoms in total. The second-order valence-corrected chi connectivity index (χ2v) is 6.00. The monoisotopic (exact) mass is 324 g/mol. The van der Waals surface area contributed by atoms with Gasteiger partial charge in [0.2, 0.25) is 0 Å². The van der Waals surface area contributed by atoms with E-state index in [1.165, 1.54) is 12.1 Å². The zero-order valence-corrected chi connectivity index (χ0v) is 13.8. The lowest BCUT2D eigenvalue weighted by Crippen LogP contribution is -2.34. The summed E-state index contributed by atoms with van der Waals surface area (Å²) in [7, 11) is 1.58. The molecule has 128 valence electrons. The third kappa shape index (κ3) is 4.50. The summed E-state index contributed by atoms with van der Waals surface area (Å²) in [5.41, 5.74) is 6.58. The number of carbonyl (C=O) groups is 1. The molecule has 1 aromatic carbocycles. The Labute approximate surface area is 136 Å². The molecule has 1 aliphatic rings. The molecule has 1 heterocycles. The Bertz CT molecular complexity index is 539. The number of hydrogen-bond acceptors (Lipinski definition) is 4. The third-order valence-electron chi connectivity index (χ3n) is 4.24. The average molecular weight is 324 g/mol. The fraction of sp³-hybridized carbons (Fsp3) is 0.588. The van der Waals surface area contributed by atoms with Crippen molar-refractivity contribution in [1.29, 1.82) is 0 Å². The minimum absolute atomic E-state index is 0.0772. The summed E-state index contributed by atoms with van der Waals surface area (Å²) in [6.45, 7) is 4.22. The highest BCUT2D eigenvalue weighted by Crippen LogP contribution is 2.24. The van der Waals surface area contributed by atoms with Gasteiger partial charge in [0.25, 0.3) is 5.91 Å². The molecule has 1 aliphatic heterocycles. The maximum absolute atomic E-state index is 13.9. The van der Waals surface area contributed by atoms with Gasteiger partial charge in [-0.25, -0.2) is 4.39 Å². The zero-order chi connectivity index (χ0) is 16.8. The van der Waals surface area contributed by atoms with Crippen molar-refractivity contribution in [2.24, 2.45) is 11.7 Å². The molecule has 0 aromatic heterocycles. The topological polar surface area (TPSA) is 64.8 Å². The maximum atomic E-state index is 13.9. The van der Waals surface area contributed by atoms with Gasteiger partial charge >= 0.3 is 0 Å². The van der Waals surface area contributed by atoms with E-state index in [0.717, 1.165) is 6.42 Å². The van der Waals surface area contributed by atoms with Crippen LogP contribution in [-0.4, -0.2) is 50.3 Å². The number of halogens is 1. The highest BCUT2D eigenvalue weighted by molar-refractivity contribution is 5.94. The molecule has 2 rings (SSSR count). The van der Waals surface area contributed by atoms with Crippen molar-refractivity contribution in [2.75, 3.05) is 33.4 Å². The first-order chi connectivity index (χ1) is 11.1. The molecule has 1 amide bonds. The lowest BCUT2D eigenvalue weighted by atomic mass is 10.1. The molecule has 0 bridgehead atoms. The van der Waals surface area contributed by atoms with Crippen LogP contribution in [0.5, 0.6) is 0 Å². The quantitative estimate of drug-likeness (QED) is 0.777. The van der Waals surface area contributed by atoms with Crippen LogP contribution < -0.4 is 5.73 Å². The van der Waals surface area contributed by atoms with Gasteiger partial charge in [0.05, 0.1) is 19.8 Å².